The maximum Gasteiger partial charge on any atom is 0.253 e. The number of nitrogens with zero attached hydrogens (tertiary/aromatic N) is 4. The highest BCUT2D eigenvalue weighted by atomic mass is 16.2. The summed E-state index contributed by atoms with van der Waals surface area (Å²) in [6, 6.07) is 0. The molecule has 20 heavy (non-hydrogen) atoms. The Morgan fingerprint density at radius 2 is 1.95 bits per heavy atom. The Labute approximate surface area is 116 Å². The number of nitrogens with one attached hydrogen (secondary N) is 1. The van der Waals surface area contributed by atoms with Crippen molar-refractivity contribution in [3.05, 3.63) is 22.6 Å². The highest BCUT2D eigenvalue weighted by Gasteiger charge is 2.22. The summed E-state index contributed by atoms with van der Waals surface area (Å²) in [5.74, 6) is -0.801. The zero-order valence-electron chi connectivity index (χ0n) is 11.1. The number of azide groups is 1. The van der Waals surface area contributed by atoms with Gasteiger partial charge in [-0.25, -0.2) is 0 Å². The van der Waals surface area contributed by atoms with Crippen molar-refractivity contribution in [2.75, 3.05) is 19.6 Å². The predicted molar refractivity (Wildman–Crippen MR) is 71.4 cm³/mol. The number of amides is 3. The first-order valence-electron chi connectivity index (χ1n) is 6.46. The van der Waals surface area contributed by atoms with Crippen molar-refractivity contribution in [3.8, 4) is 0 Å². The Hall–Kier alpha value is -2.34. The van der Waals surface area contributed by atoms with Crippen molar-refractivity contribution in [2.45, 2.75) is 25.7 Å². The van der Waals surface area contributed by atoms with E-state index in [1.54, 1.807) is 0 Å². The van der Waals surface area contributed by atoms with E-state index in [1.165, 1.54) is 12.2 Å². The molecule has 0 radical (unpaired) electrons. The van der Waals surface area contributed by atoms with Gasteiger partial charge in [0.25, 0.3) is 11.8 Å². The first-order chi connectivity index (χ1) is 9.65. The largest absolute Gasteiger partial charge is 0.354 e. The van der Waals surface area contributed by atoms with Gasteiger partial charge in [-0.3, -0.25) is 19.3 Å². The summed E-state index contributed by atoms with van der Waals surface area (Å²) < 4.78 is 0. The van der Waals surface area contributed by atoms with Crippen LogP contribution in [0.4, 0.5) is 0 Å². The van der Waals surface area contributed by atoms with Gasteiger partial charge in [-0.2, -0.15) is 0 Å². The van der Waals surface area contributed by atoms with Gasteiger partial charge >= 0.3 is 0 Å². The van der Waals surface area contributed by atoms with Gasteiger partial charge in [0.05, 0.1) is 0 Å². The molecule has 0 aromatic rings. The van der Waals surface area contributed by atoms with E-state index in [0.29, 0.717) is 13.0 Å². The molecule has 0 aromatic heterocycles. The minimum atomic E-state index is -0.345. The third-order valence-corrected chi connectivity index (χ3v) is 2.78. The van der Waals surface area contributed by atoms with E-state index in [1.807, 2.05) is 0 Å². The third kappa shape index (κ3) is 5.53. The lowest BCUT2D eigenvalue weighted by atomic mass is 10.2. The molecule has 1 aliphatic heterocycles. The number of imide groups is 1. The minimum Gasteiger partial charge on any atom is -0.354 e. The van der Waals surface area contributed by atoms with Crippen molar-refractivity contribution < 1.29 is 14.4 Å². The van der Waals surface area contributed by atoms with Crippen LogP contribution >= 0.6 is 0 Å². The van der Waals surface area contributed by atoms with E-state index < -0.39 is 0 Å². The normalized spacial score (nSPS) is 13.5. The molecule has 0 saturated carbocycles. The fraction of sp³-hybridized carbons (Fsp3) is 0.583. The van der Waals surface area contributed by atoms with E-state index in [4.69, 9.17) is 5.53 Å². The molecule has 8 heteroatoms. The second kappa shape index (κ2) is 8.71. The molecule has 1 rings (SSSR count). The fourth-order valence-electron chi connectivity index (χ4n) is 1.74. The molecule has 0 aliphatic carbocycles. The number of rotatable bonds is 9. The first kappa shape index (κ1) is 15.7. The average molecular weight is 279 g/mol. The molecule has 3 amide bonds. The Bertz CT molecular complexity index is 436. The van der Waals surface area contributed by atoms with Gasteiger partial charge in [0.15, 0.2) is 0 Å². The van der Waals surface area contributed by atoms with Gasteiger partial charge in [0.1, 0.15) is 0 Å². The summed E-state index contributed by atoms with van der Waals surface area (Å²) in [5, 5.41) is 6.06. The van der Waals surface area contributed by atoms with Gasteiger partial charge in [-0.1, -0.05) is 11.5 Å². The van der Waals surface area contributed by atoms with E-state index in [0.717, 1.165) is 24.2 Å². The van der Waals surface area contributed by atoms with Crippen LogP contribution in [-0.2, 0) is 14.4 Å². The van der Waals surface area contributed by atoms with Gasteiger partial charge in [0, 0.05) is 43.1 Å². The van der Waals surface area contributed by atoms with E-state index in [-0.39, 0.29) is 30.8 Å². The Morgan fingerprint density at radius 3 is 2.60 bits per heavy atom. The van der Waals surface area contributed by atoms with Gasteiger partial charge in [-0.05, 0) is 18.4 Å². The summed E-state index contributed by atoms with van der Waals surface area (Å²) in [7, 11) is 0. The Morgan fingerprint density at radius 1 is 1.25 bits per heavy atom. The summed E-state index contributed by atoms with van der Waals surface area (Å²) in [4.78, 5) is 37.7. The van der Waals surface area contributed by atoms with Crippen molar-refractivity contribution in [1.82, 2.24) is 10.2 Å². The second-order valence-electron chi connectivity index (χ2n) is 4.28. The molecule has 0 spiro atoms. The summed E-state index contributed by atoms with van der Waals surface area (Å²) in [6.45, 7) is 0.897. The SMILES string of the molecule is [N-]=[N+]=NCCCCCC(=O)NCCN1C(=O)C=CC1=O. The first-order valence-corrected chi connectivity index (χ1v) is 6.46. The van der Waals surface area contributed by atoms with Crippen LogP contribution in [-0.4, -0.2) is 42.3 Å². The molecule has 0 unspecified atom stereocenters. The van der Waals surface area contributed by atoms with Crippen LogP contribution in [0.1, 0.15) is 25.7 Å². The molecule has 8 nitrogen and oxygen atoms in total. The molecule has 0 fully saturated rings. The number of carbonyl (C=O) groups excluding carboxylic acids is 3. The highest BCUT2D eigenvalue weighted by Crippen LogP contribution is 2.02. The topological polar surface area (TPSA) is 115 Å². The maximum absolute atomic E-state index is 11.5. The molecular weight excluding hydrogens is 262 g/mol. The molecule has 0 bridgehead atoms. The average Bonchev–Trinajstić information content (AvgIpc) is 2.74. The van der Waals surface area contributed by atoms with Crippen LogP contribution in [0.15, 0.2) is 17.3 Å². The second-order valence-corrected chi connectivity index (χ2v) is 4.28. The van der Waals surface area contributed by atoms with Crippen LogP contribution < -0.4 is 5.32 Å². The zero-order chi connectivity index (χ0) is 14.8. The molecular formula is C12H17N5O3. The van der Waals surface area contributed by atoms with Crippen molar-refractivity contribution >= 4 is 17.7 Å². The Kier molecular flexibility index (Phi) is 6.84. The van der Waals surface area contributed by atoms with Crippen LogP contribution in [0.3, 0.4) is 0 Å². The van der Waals surface area contributed by atoms with E-state index >= 15 is 0 Å². The van der Waals surface area contributed by atoms with Gasteiger partial charge in [-0.15, -0.1) is 0 Å². The van der Waals surface area contributed by atoms with E-state index in [2.05, 4.69) is 15.3 Å². The molecule has 0 aromatic carbocycles. The standard InChI is InChI=1S/C12H17N5O3/c13-16-15-7-3-1-2-4-10(18)14-8-9-17-11(19)5-6-12(17)20/h5-6H,1-4,7-9H2,(H,14,18). The quantitative estimate of drug-likeness (QED) is 0.222. The third-order valence-electron chi connectivity index (χ3n) is 2.78. The van der Waals surface area contributed by atoms with Crippen LogP contribution in [0.2, 0.25) is 0 Å². The molecule has 1 heterocycles. The van der Waals surface area contributed by atoms with Gasteiger partial charge < -0.3 is 5.32 Å². The van der Waals surface area contributed by atoms with Crippen molar-refractivity contribution in [2.24, 2.45) is 5.11 Å². The highest BCUT2D eigenvalue weighted by molar-refractivity contribution is 6.12. The summed E-state index contributed by atoms with van der Waals surface area (Å²) in [6.07, 6.45) is 5.12. The Balaban J connectivity index is 2.04. The number of hydrogen-bond acceptors (Lipinski definition) is 4. The molecule has 1 aliphatic rings. The summed E-state index contributed by atoms with van der Waals surface area (Å²) in [5.41, 5.74) is 8.07. The van der Waals surface area contributed by atoms with Crippen LogP contribution in [0.5, 0.6) is 0 Å². The lowest BCUT2D eigenvalue weighted by molar-refractivity contribution is -0.137. The molecule has 108 valence electrons. The lowest BCUT2D eigenvalue weighted by Crippen LogP contribution is -2.38. The van der Waals surface area contributed by atoms with Crippen molar-refractivity contribution in [3.63, 3.8) is 0 Å². The smallest absolute Gasteiger partial charge is 0.253 e. The van der Waals surface area contributed by atoms with E-state index in [9.17, 15) is 14.4 Å². The molecule has 0 saturated heterocycles. The van der Waals surface area contributed by atoms with Crippen LogP contribution in [0.25, 0.3) is 10.4 Å². The lowest BCUT2D eigenvalue weighted by Gasteiger charge is -2.13. The van der Waals surface area contributed by atoms with Crippen LogP contribution in [0, 0.1) is 0 Å². The minimum absolute atomic E-state index is 0.110. The number of hydrogen-bond donors (Lipinski definition) is 1. The molecule has 1 N–H and O–H groups in total. The fourth-order valence-corrected chi connectivity index (χ4v) is 1.74. The molecule has 0 atom stereocenters. The maximum atomic E-state index is 11.5. The monoisotopic (exact) mass is 279 g/mol. The van der Waals surface area contributed by atoms with Crippen molar-refractivity contribution in [1.29, 1.82) is 0 Å². The van der Waals surface area contributed by atoms with Gasteiger partial charge in [0.2, 0.25) is 5.91 Å². The summed E-state index contributed by atoms with van der Waals surface area (Å²) >= 11 is 0. The zero-order valence-corrected chi connectivity index (χ0v) is 11.1. The predicted octanol–water partition coefficient (Wildman–Crippen LogP) is 0.898. The number of unbranched alkanes of at least 4 members (excludes halogenated alkanes) is 2. The number of carbonyl (C=O) groups is 3.